The van der Waals surface area contributed by atoms with Crippen molar-refractivity contribution in [3.63, 3.8) is 0 Å². The minimum absolute atomic E-state index is 0.00927. The number of sulfone groups is 1. The number of rotatable bonds is 10. The summed E-state index contributed by atoms with van der Waals surface area (Å²) < 4.78 is 34.5. The Kier molecular flexibility index (Phi) is 9.03. The maximum Gasteiger partial charge on any atom is 0.348 e. The van der Waals surface area contributed by atoms with E-state index in [4.69, 9.17) is 9.47 Å². The molecule has 1 N–H and O–H groups in total. The fourth-order valence-corrected chi connectivity index (χ4v) is 4.33. The van der Waals surface area contributed by atoms with Crippen molar-refractivity contribution >= 4 is 44.0 Å². The lowest BCUT2D eigenvalue weighted by Crippen LogP contribution is -2.33. The van der Waals surface area contributed by atoms with Crippen LogP contribution in [0.4, 0.5) is 5.00 Å². The normalized spacial score (nSPS) is 12.3. The Labute approximate surface area is 175 Å². The lowest BCUT2D eigenvalue weighted by atomic mass is 10.1. The predicted octanol–water partition coefficient (Wildman–Crippen LogP) is 2.97. The van der Waals surface area contributed by atoms with Crippen molar-refractivity contribution in [1.82, 2.24) is 0 Å². The number of thiophene rings is 1. The molecule has 0 radical (unpaired) electrons. The van der Waals surface area contributed by atoms with Crippen molar-refractivity contribution in [2.45, 2.75) is 39.9 Å². The highest BCUT2D eigenvalue weighted by Gasteiger charge is 2.31. The molecule has 0 aliphatic heterocycles. The Hall–Kier alpha value is -2.20. The number of anilines is 1. The van der Waals surface area contributed by atoms with Gasteiger partial charge in [0.2, 0.25) is 5.91 Å². The van der Waals surface area contributed by atoms with E-state index in [2.05, 4.69) is 11.9 Å². The van der Waals surface area contributed by atoms with E-state index in [-0.39, 0.29) is 40.3 Å². The van der Waals surface area contributed by atoms with Gasteiger partial charge in [-0.1, -0.05) is 19.9 Å². The Morgan fingerprint density at radius 3 is 2.31 bits per heavy atom. The van der Waals surface area contributed by atoms with E-state index < -0.39 is 32.9 Å². The van der Waals surface area contributed by atoms with Crippen LogP contribution in [0.15, 0.2) is 12.7 Å². The van der Waals surface area contributed by atoms with Crippen molar-refractivity contribution in [3.8, 4) is 0 Å². The fourth-order valence-electron chi connectivity index (χ4n) is 2.24. The Morgan fingerprint density at radius 1 is 1.17 bits per heavy atom. The van der Waals surface area contributed by atoms with E-state index in [1.807, 2.05) is 13.8 Å². The molecule has 0 saturated heterocycles. The van der Waals surface area contributed by atoms with Crippen LogP contribution >= 0.6 is 11.3 Å². The third kappa shape index (κ3) is 6.40. The summed E-state index contributed by atoms with van der Waals surface area (Å²) in [5.41, 5.74) is 0.314. The number of carbonyl (C=O) groups excluding carboxylic acids is 3. The van der Waals surface area contributed by atoms with Crippen molar-refractivity contribution in [2.24, 2.45) is 5.92 Å². The largest absolute Gasteiger partial charge is 0.462 e. The predicted molar refractivity (Wildman–Crippen MR) is 112 cm³/mol. The SMILES string of the molecule is C=CCS(=O)(=O)C(C)C(=O)Nc1sc(C(=O)OCC(C)C)c(C)c1C(=O)OCC. The van der Waals surface area contributed by atoms with Gasteiger partial charge in [0.05, 0.1) is 24.5 Å². The molecule has 1 heterocycles. The fraction of sp³-hybridized carbons (Fsp3) is 0.526. The molecule has 0 aliphatic carbocycles. The van der Waals surface area contributed by atoms with Gasteiger partial charge >= 0.3 is 11.9 Å². The summed E-state index contributed by atoms with van der Waals surface area (Å²) in [4.78, 5) is 37.4. The molecule has 0 spiro atoms. The second-order valence-corrected chi connectivity index (χ2v) is 10.1. The van der Waals surface area contributed by atoms with Gasteiger partial charge in [-0.15, -0.1) is 17.9 Å². The van der Waals surface area contributed by atoms with Gasteiger partial charge in [0, 0.05) is 0 Å². The first-order valence-corrected chi connectivity index (χ1v) is 11.6. The highest BCUT2D eigenvalue weighted by atomic mass is 32.2. The van der Waals surface area contributed by atoms with Crippen LogP contribution in [0.3, 0.4) is 0 Å². The molecular weight excluding hydrogens is 418 g/mol. The van der Waals surface area contributed by atoms with Gasteiger partial charge in [0.25, 0.3) is 0 Å². The zero-order chi connectivity index (χ0) is 22.4. The average molecular weight is 446 g/mol. The van der Waals surface area contributed by atoms with Crippen LogP contribution in [0.5, 0.6) is 0 Å². The van der Waals surface area contributed by atoms with Crippen molar-refractivity contribution < 1.29 is 32.3 Å². The van der Waals surface area contributed by atoms with Gasteiger partial charge < -0.3 is 14.8 Å². The Bertz CT molecular complexity index is 885. The number of nitrogens with one attached hydrogen (secondary N) is 1. The van der Waals surface area contributed by atoms with Crippen LogP contribution in [-0.2, 0) is 24.1 Å². The molecule has 1 amide bonds. The summed E-state index contributed by atoms with van der Waals surface area (Å²) >= 11 is 0.848. The molecule has 8 nitrogen and oxygen atoms in total. The van der Waals surface area contributed by atoms with Crippen LogP contribution in [0.25, 0.3) is 0 Å². The van der Waals surface area contributed by atoms with E-state index in [0.717, 1.165) is 11.3 Å². The van der Waals surface area contributed by atoms with Crippen LogP contribution in [0.2, 0.25) is 0 Å². The van der Waals surface area contributed by atoms with E-state index in [9.17, 15) is 22.8 Å². The summed E-state index contributed by atoms with van der Waals surface area (Å²) in [6.45, 7) is 11.8. The molecule has 1 atom stereocenters. The van der Waals surface area contributed by atoms with Gasteiger partial charge in [-0.3, -0.25) is 4.79 Å². The minimum atomic E-state index is -3.74. The van der Waals surface area contributed by atoms with Gasteiger partial charge in [-0.25, -0.2) is 18.0 Å². The molecule has 10 heteroatoms. The second kappa shape index (κ2) is 10.5. The molecule has 162 valence electrons. The molecular formula is C19H27NO7S2. The third-order valence-corrected chi connectivity index (χ3v) is 7.03. The summed E-state index contributed by atoms with van der Waals surface area (Å²) in [7, 11) is -3.74. The van der Waals surface area contributed by atoms with Gasteiger partial charge in [-0.2, -0.15) is 0 Å². The van der Waals surface area contributed by atoms with E-state index in [0.29, 0.717) is 5.56 Å². The summed E-state index contributed by atoms with van der Waals surface area (Å²) in [6.07, 6.45) is 1.20. The lowest BCUT2D eigenvalue weighted by Gasteiger charge is -2.12. The molecule has 1 aromatic rings. The molecule has 1 unspecified atom stereocenters. The first kappa shape index (κ1) is 24.8. The standard InChI is InChI=1S/C19H27NO7S2/c1-7-9-29(24,25)13(6)16(21)20-17-14(18(22)26-8-2)12(5)15(28-17)19(23)27-10-11(3)4/h7,11,13H,1,8-10H2,2-6H3,(H,20,21). The van der Waals surface area contributed by atoms with Crippen molar-refractivity contribution in [3.05, 3.63) is 28.7 Å². The zero-order valence-corrected chi connectivity index (χ0v) is 18.9. The smallest absolute Gasteiger partial charge is 0.348 e. The van der Waals surface area contributed by atoms with Crippen molar-refractivity contribution in [1.29, 1.82) is 0 Å². The summed E-state index contributed by atoms with van der Waals surface area (Å²) in [5, 5.41) is 1.13. The van der Waals surface area contributed by atoms with Crippen LogP contribution < -0.4 is 5.32 Å². The first-order chi connectivity index (χ1) is 13.5. The minimum Gasteiger partial charge on any atom is -0.462 e. The molecule has 0 aromatic carbocycles. The number of hydrogen-bond donors (Lipinski definition) is 1. The van der Waals surface area contributed by atoms with Crippen LogP contribution in [0, 0.1) is 12.8 Å². The van der Waals surface area contributed by atoms with E-state index in [1.54, 1.807) is 13.8 Å². The van der Waals surface area contributed by atoms with Crippen molar-refractivity contribution in [2.75, 3.05) is 24.3 Å². The molecule has 0 bridgehead atoms. The zero-order valence-electron chi connectivity index (χ0n) is 17.2. The third-order valence-electron chi connectivity index (χ3n) is 3.85. The number of carbonyl (C=O) groups is 3. The van der Waals surface area contributed by atoms with E-state index >= 15 is 0 Å². The highest BCUT2D eigenvalue weighted by Crippen LogP contribution is 2.34. The summed E-state index contributed by atoms with van der Waals surface area (Å²) in [6, 6.07) is 0. The molecule has 29 heavy (non-hydrogen) atoms. The maximum atomic E-state index is 12.5. The topological polar surface area (TPSA) is 116 Å². The van der Waals surface area contributed by atoms with E-state index in [1.165, 1.54) is 13.0 Å². The number of ether oxygens (including phenoxy) is 2. The van der Waals surface area contributed by atoms with Gasteiger partial charge in [-0.05, 0) is 32.3 Å². The maximum absolute atomic E-state index is 12.5. The molecule has 0 aliphatic rings. The molecule has 1 rings (SSSR count). The quantitative estimate of drug-likeness (QED) is 0.435. The van der Waals surface area contributed by atoms with Gasteiger partial charge in [0.1, 0.15) is 15.1 Å². The average Bonchev–Trinajstić information content (AvgIpc) is 2.95. The number of hydrogen-bond acceptors (Lipinski definition) is 8. The highest BCUT2D eigenvalue weighted by molar-refractivity contribution is 7.92. The Morgan fingerprint density at radius 2 is 1.79 bits per heavy atom. The second-order valence-electron chi connectivity index (χ2n) is 6.72. The van der Waals surface area contributed by atoms with Gasteiger partial charge in [0.15, 0.2) is 9.84 Å². The molecule has 0 fully saturated rings. The number of amides is 1. The summed E-state index contributed by atoms with van der Waals surface area (Å²) in [5.74, 6) is -2.40. The Balaban J connectivity index is 3.28. The first-order valence-electron chi connectivity index (χ1n) is 9.07. The van der Waals surface area contributed by atoms with Crippen LogP contribution in [-0.4, -0.2) is 50.5 Å². The molecule has 0 saturated carbocycles. The molecule has 1 aromatic heterocycles. The monoisotopic (exact) mass is 445 g/mol. The van der Waals surface area contributed by atoms with Crippen LogP contribution in [0.1, 0.15) is 53.3 Å². The lowest BCUT2D eigenvalue weighted by molar-refractivity contribution is -0.115. The number of esters is 2.